The van der Waals surface area contributed by atoms with Crippen LogP contribution in [-0.2, 0) is 12.7 Å². The average molecular weight is 283 g/mol. The molecule has 2 aromatic rings. The Labute approximate surface area is 112 Å². The Morgan fingerprint density at radius 3 is 2.60 bits per heavy atom. The highest BCUT2D eigenvalue weighted by atomic mass is 19.4. The molecule has 0 atom stereocenters. The predicted molar refractivity (Wildman–Crippen MR) is 68.2 cm³/mol. The first kappa shape index (κ1) is 14.1. The smallest absolute Gasteiger partial charge is 0.399 e. The van der Waals surface area contributed by atoms with Crippen molar-refractivity contribution < 1.29 is 13.2 Å². The number of nitrogen functional groups attached to an aromatic ring is 1. The molecular formula is C13H12F3N3O. The summed E-state index contributed by atoms with van der Waals surface area (Å²) in [7, 11) is 0. The van der Waals surface area contributed by atoms with Crippen LogP contribution in [0, 0.1) is 6.92 Å². The van der Waals surface area contributed by atoms with Crippen LogP contribution in [0.15, 0.2) is 35.3 Å². The van der Waals surface area contributed by atoms with Crippen molar-refractivity contribution in [1.82, 2.24) is 9.78 Å². The van der Waals surface area contributed by atoms with E-state index < -0.39 is 17.3 Å². The molecule has 20 heavy (non-hydrogen) atoms. The molecule has 0 unspecified atom stereocenters. The molecule has 0 aliphatic rings. The number of hydrogen-bond acceptors (Lipinski definition) is 3. The molecule has 0 spiro atoms. The zero-order valence-corrected chi connectivity index (χ0v) is 10.6. The van der Waals surface area contributed by atoms with Gasteiger partial charge < -0.3 is 5.73 Å². The standard InChI is InChI=1S/C13H12F3N3O/c1-8-4-12(20)19(18-6-8)7-9-2-3-10(17)5-11(9)13(14,15)16/h2-6H,7,17H2,1H3. The third kappa shape index (κ3) is 2.98. The van der Waals surface area contributed by atoms with E-state index in [9.17, 15) is 18.0 Å². The van der Waals surface area contributed by atoms with E-state index in [0.29, 0.717) is 5.56 Å². The zero-order valence-electron chi connectivity index (χ0n) is 10.6. The molecule has 0 bridgehead atoms. The number of alkyl halides is 3. The summed E-state index contributed by atoms with van der Waals surface area (Å²) < 4.78 is 39.8. The van der Waals surface area contributed by atoms with Gasteiger partial charge in [0.25, 0.3) is 5.56 Å². The molecule has 0 fully saturated rings. The third-order valence-corrected chi connectivity index (χ3v) is 2.77. The first-order valence-electron chi connectivity index (χ1n) is 5.77. The molecule has 0 amide bonds. The van der Waals surface area contributed by atoms with Crippen LogP contribution >= 0.6 is 0 Å². The molecule has 1 aromatic carbocycles. The van der Waals surface area contributed by atoms with Gasteiger partial charge in [0.1, 0.15) is 0 Å². The zero-order chi connectivity index (χ0) is 14.9. The van der Waals surface area contributed by atoms with Crippen LogP contribution in [0.2, 0.25) is 0 Å². The van der Waals surface area contributed by atoms with Gasteiger partial charge in [-0.25, -0.2) is 4.68 Å². The Bertz CT molecular complexity index is 692. The molecule has 1 aromatic heterocycles. The number of benzene rings is 1. The van der Waals surface area contributed by atoms with E-state index >= 15 is 0 Å². The van der Waals surface area contributed by atoms with Crippen molar-refractivity contribution in [2.75, 3.05) is 5.73 Å². The number of halogens is 3. The molecule has 0 aliphatic heterocycles. The Kier molecular flexibility index (Phi) is 3.52. The van der Waals surface area contributed by atoms with E-state index in [4.69, 9.17) is 5.73 Å². The van der Waals surface area contributed by atoms with E-state index in [1.165, 1.54) is 24.4 Å². The minimum absolute atomic E-state index is 0.0188. The lowest BCUT2D eigenvalue weighted by atomic mass is 10.1. The van der Waals surface area contributed by atoms with Crippen molar-refractivity contribution in [3.05, 3.63) is 57.5 Å². The normalized spacial score (nSPS) is 11.6. The summed E-state index contributed by atoms with van der Waals surface area (Å²) in [5.41, 5.74) is 4.70. The summed E-state index contributed by atoms with van der Waals surface area (Å²) in [6.07, 6.45) is -3.11. The number of nitrogens with two attached hydrogens (primary N) is 1. The number of aryl methyl sites for hydroxylation is 1. The summed E-state index contributed by atoms with van der Waals surface area (Å²) in [4.78, 5) is 11.7. The van der Waals surface area contributed by atoms with Crippen LogP contribution in [0.25, 0.3) is 0 Å². The lowest BCUT2D eigenvalue weighted by Crippen LogP contribution is -2.24. The van der Waals surface area contributed by atoms with Crippen molar-refractivity contribution in [2.24, 2.45) is 0 Å². The van der Waals surface area contributed by atoms with E-state index in [-0.39, 0.29) is 17.8 Å². The van der Waals surface area contributed by atoms with Gasteiger partial charge in [0, 0.05) is 11.8 Å². The monoisotopic (exact) mass is 283 g/mol. The van der Waals surface area contributed by atoms with Crippen LogP contribution < -0.4 is 11.3 Å². The highest BCUT2D eigenvalue weighted by Gasteiger charge is 2.33. The van der Waals surface area contributed by atoms with Gasteiger partial charge in [0.05, 0.1) is 18.3 Å². The maximum absolute atomic E-state index is 12.9. The fourth-order valence-electron chi connectivity index (χ4n) is 1.80. The summed E-state index contributed by atoms with van der Waals surface area (Å²) in [5, 5.41) is 3.82. The van der Waals surface area contributed by atoms with Gasteiger partial charge in [-0.05, 0) is 30.2 Å². The Balaban J connectivity index is 2.46. The van der Waals surface area contributed by atoms with Crippen molar-refractivity contribution in [2.45, 2.75) is 19.6 Å². The Morgan fingerprint density at radius 1 is 1.30 bits per heavy atom. The average Bonchev–Trinajstić information content (AvgIpc) is 2.33. The minimum Gasteiger partial charge on any atom is -0.399 e. The quantitative estimate of drug-likeness (QED) is 0.859. The highest BCUT2D eigenvalue weighted by molar-refractivity contribution is 5.46. The SMILES string of the molecule is Cc1cnn(Cc2ccc(N)cc2C(F)(F)F)c(=O)c1. The maximum atomic E-state index is 12.9. The van der Waals surface area contributed by atoms with Gasteiger partial charge in [-0.15, -0.1) is 0 Å². The van der Waals surface area contributed by atoms with Crippen molar-refractivity contribution in [1.29, 1.82) is 0 Å². The number of nitrogens with zero attached hydrogens (tertiary/aromatic N) is 2. The fourth-order valence-corrected chi connectivity index (χ4v) is 1.80. The van der Waals surface area contributed by atoms with Gasteiger partial charge in [0.15, 0.2) is 0 Å². The van der Waals surface area contributed by atoms with Gasteiger partial charge >= 0.3 is 6.18 Å². The Hall–Kier alpha value is -2.31. The molecule has 0 saturated heterocycles. The maximum Gasteiger partial charge on any atom is 0.416 e. The second kappa shape index (κ2) is 4.99. The van der Waals surface area contributed by atoms with Gasteiger partial charge in [-0.2, -0.15) is 18.3 Å². The molecular weight excluding hydrogens is 271 g/mol. The molecule has 7 heteroatoms. The number of aromatic nitrogens is 2. The van der Waals surface area contributed by atoms with E-state index in [2.05, 4.69) is 5.10 Å². The minimum atomic E-state index is -4.53. The third-order valence-electron chi connectivity index (χ3n) is 2.77. The van der Waals surface area contributed by atoms with Crippen molar-refractivity contribution >= 4 is 5.69 Å². The highest BCUT2D eigenvalue weighted by Crippen LogP contribution is 2.33. The van der Waals surface area contributed by atoms with E-state index in [1.807, 2.05) is 0 Å². The summed E-state index contributed by atoms with van der Waals surface area (Å²) in [6, 6.07) is 4.79. The lowest BCUT2D eigenvalue weighted by molar-refractivity contribution is -0.138. The Morgan fingerprint density at radius 2 is 2.00 bits per heavy atom. The molecule has 2 rings (SSSR count). The first-order chi connectivity index (χ1) is 9.27. The van der Waals surface area contributed by atoms with Crippen LogP contribution in [0.4, 0.5) is 18.9 Å². The molecule has 2 N–H and O–H groups in total. The first-order valence-corrected chi connectivity index (χ1v) is 5.77. The molecule has 0 radical (unpaired) electrons. The largest absolute Gasteiger partial charge is 0.416 e. The molecule has 0 saturated carbocycles. The lowest BCUT2D eigenvalue weighted by Gasteiger charge is -2.14. The topological polar surface area (TPSA) is 60.9 Å². The summed E-state index contributed by atoms with van der Waals surface area (Å²) >= 11 is 0. The second-order valence-electron chi connectivity index (χ2n) is 4.44. The van der Waals surface area contributed by atoms with Crippen LogP contribution in [0.3, 0.4) is 0 Å². The molecule has 0 aliphatic carbocycles. The van der Waals surface area contributed by atoms with Crippen molar-refractivity contribution in [3.8, 4) is 0 Å². The molecule has 1 heterocycles. The summed E-state index contributed by atoms with van der Waals surface area (Å²) in [5.74, 6) is 0. The van der Waals surface area contributed by atoms with Gasteiger partial charge in [-0.1, -0.05) is 6.07 Å². The van der Waals surface area contributed by atoms with Crippen molar-refractivity contribution in [3.63, 3.8) is 0 Å². The molecule has 4 nitrogen and oxygen atoms in total. The molecule has 106 valence electrons. The number of anilines is 1. The summed E-state index contributed by atoms with van der Waals surface area (Å²) in [6.45, 7) is 1.43. The number of rotatable bonds is 2. The fraction of sp³-hybridized carbons (Fsp3) is 0.231. The van der Waals surface area contributed by atoms with E-state index in [1.54, 1.807) is 6.92 Å². The van der Waals surface area contributed by atoms with Crippen LogP contribution in [0.1, 0.15) is 16.7 Å². The second-order valence-corrected chi connectivity index (χ2v) is 4.44. The number of hydrogen-bond donors (Lipinski definition) is 1. The predicted octanol–water partition coefficient (Wildman–Crippen LogP) is 2.20. The van der Waals surface area contributed by atoms with E-state index in [0.717, 1.165) is 10.7 Å². The van der Waals surface area contributed by atoms with Crippen LogP contribution in [-0.4, -0.2) is 9.78 Å². The van der Waals surface area contributed by atoms with Crippen LogP contribution in [0.5, 0.6) is 0 Å². The van der Waals surface area contributed by atoms with Gasteiger partial charge in [-0.3, -0.25) is 4.79 Å². The van der Waals surface area contributed by atoms with Gasteiger partial charge in [0.2, 0.25) is 0 Å².